The van der Waals surface area contributed by atoms with Gasteiger partial charge in [-0.1, -0.05) is 252 Å². The molecule has 0 aliphatic heterocycles. The van der Waals surface area contributed by atoms with Crippen molar-refractivity contribution in [2.24, 2.45) is 46.3 Å². The molecule has 458 valence electrons. The van der Waals surface area contributed by atoms with Gasteiger partial charge in [0, 0.05) is 17.3 Å². The van der Waals surface area contributed by atoms with E-state index in [1.54, 1.807) is 6.92 Å². The molecule has 0 amide bonds. The van der Waals surface area contributed by atoms with Crippen LogP contribution in [-0.4, -0.2) is 37.1 Å². The summed E-state index contributed by atoms with van der Waals surface area (Å²) in [5.74, 6) is -3.20. The Morgan fingerprint density at radius 2 is 0.569 bits per heavy atom. The molecular formula is C54H116F18. The third-order valence-corrected chi connectivity index (χ3v) is 7.04. The Morgan fingerprint density at radius 3 is 0.569 bits per heavy atom. The van der Waals surface area contributed by atoms with Gasteiger partial charge in [-0.2, -0.15) is 79.0 Å². The van der Waals surface area contributed by atoms with Gasteiger partial charge in [-0.05, 0) is 38.0 Å². The van der Waals surface area contributed by atoms with E-state index in [0.717, 1.165) is 60.3 Å². The second kappa shape index (κ2) is 59.0. The molecule has 0 rings (SSSR count). The molecule has 18 heteroatoms. The Morgan fingerprint density at radius 1 is 0.389 bits per heavy atom. The van der Waals surface area contributed by atoms with Crippen LogP contribution in [0.15, 0.2) is 0 Å². The Labute approximate surface area is 439 Å². The Balaban J connectivity index is -0.0000000524. The SMILES string of the molecule is CC.CC(C)(C(F)(F)F)C(F)(F)F.CC(C)(C)C(F)(F)F.CC(C)C.CC(C)C(F)(F)F.CCC.CCC(C)C.CCC(C)C(F)(F)F.CCCC.CCCCC.[2H]C(C)(C)C.[2H]C(C)(C)C(F)(F)F.[2H]C([2H])(C)CC. The maximum absolute atomic E-state index is 11.6. The fraction of sp³-hybridized carbons (Fsp3) is 1.00. The van der Waals surface area contributed by atoms with Crippen LogP contribution >= 0.6 is 0 Å². The Kier molecular flexibility index (Phi) is 74.0. The number of hydrogen-bond acceptors (Lipinski definition) is 0. The molecule has 0 saturated heterocycles. The largest absolute Gasteiger partial charge is 0.402 e. The lowest BCUT2D eigenvalue weighted by Crippen LogP contribution is -2.44. The van der Waals surface area contributed by atoms with Crippen LogP contribution in [0, 0.1) is 46.3 Å². The standard InChI is InChI=1S/C5H6F6.2C5H9F3.2C5H12.2C4H7F3.4C4H10.C3H8.C2H6/c1-3(2,4(6,7)8)5(9,10)11;1-4(2,3)5(6,7)8;1-3-4(2)5(6,7)8;1-4-5(2)3;1-3-5-4-2;2*1-3(2)4(5,6)7;2*1-4(2)3;2*1-3-4-2;1-3-2;1-2/h1-2H3;1-3H3;4H,3H2,1-2H3;5H,4H2,1-3H3;3-5H2,1-2H3;2*3H,1-2H3;2*4H,1-3H3;2*3-4H2,1-2H3;3H2,1-2H3;1-2H3/i;;;;;3D;;4D;;3D2;;;. The highest BCUT2D eigenvalue weighted by Gasteiger charge is 2.64. The molecule has 0 N–H and O–H groups in total. The van der Waals surface area contributed by atoms with E-state index in [-0.39, 0.29) is 26.2 Å². The lowest BCUT2D eigenvalue weighted by Gasteiger charge is -2.29. The zero-order valence-electron chi connectivity index (χ0n) is 55.0. The maximum Gasteiger partial charge on any atom is 0.402 e. The summed E-state index contributed by atoms with van der Waals surface area (Å²) < 4.78 is 233. The zero-order chi connectivity index (χ0) is 66.2. The molecule has 0 aliphatic carbocycles. The summed E-state index contributed by atoms with van der Waals surface area (Å²) in [4.78, 5) is 0. The van der Waals surface area contributed by atoms with Crippen LogP contribution in [0.25, 0.3) is 0 Å². The van der Waals surface area contributed by atoms with E-state index in [9.17, 15) is 79.0 Å². The summed E-state index contributed by atoms with van der Waals surface area (Å²) in [6.45, 7) is 49.4. The number of unbranched alkanes of at least 4 members (excludes halogenated alkanes) is 3. The van der Waals surface area contributed by atoms with Gasteiger partial charge in [0.05, 0.1) is 11.3 Å². The molecule has 0 bridgehead atoms. The highest BCUT2D eigenvalue weighted by molar-refractivity contribution is 4.84. The fourth-order valence-corrected chi connectivity index (χ4v) is 0.746. The zero-order valence-corrected chi connectivity index (χ0v) is 51.0. The van der Waals surface area contributed by atoms with Gasteiger partial charge in [0.1, 0.15) is 0 Å². The van der Waals surface area contributed by atoms with Crippen LogP contribution in [0.4, 0.5) is 79.0 Å². The third-order valence-electron chi connectivity index (χ3n) is 7.04. The van der Waals surface area contributed by atoms with Crippen LogP contribution in [0.1, 0.15) is 277 Å². The average molecular weight is 1110 g/mol. The van der Waals surface area contributed by atoms with E-state index in [2.05, 4.69) is 83.1 Å². The molecule has 0 aromatic carbocycles. The van der Waals surface area contributed by atoms with Crippen LogP contribution in [0.2, 0.25) is 0 Å². The van der Waals surface area contributed by atoms with Gasteiger partial charge in [-0.3, -0.25) is 0 Å². The summed E-state index contributed by atoms with van der Waals surface area (Å²) in [5.41, 5.74) is -5.19. The number of halogens is 18. The van der Waals surface area contributed by atoms with Crippen molar-refractivity contribution in [3.63, 3.8) is 0 Å². The smallest absolute Gasteiger partial charge is 0.171 e. The van der Waals surface area contributed by atoms with Crippen molar-refractivity contribution in [3.8, 4) is 0 Å². The quantitative estimate of drug-likeness (QED) is 0.233. The molecule has 0 aliphatic rings. The second-order valence-electron chi connectivity index (χ2n) is 19.2. The fourth-order valence-electron chi connectivity index (χ4n) is 0.746. The molecule has 0 aromatic heterocycles. The highest BCUT2D eigenvalue weighted by atomic mass is 19.4. The summed E-state index contributed by atoms with van der Waals surface area (Å²) in [7, 11) is 0. The molecule has 0 heterocycles. The van der Waals surface area contributed by atoms with E-state index < -0.39 is 72.0 Å². The lowest BCUT2D eigenvalue weighted by molar-refractivity contribution is -0.327. The molecular weight excluding hydrogens is 991 g/mol. The van der Waals surface area contributed by atoms with Crippen molar-refractivity contribution in [2.75, 3.05) is 0 Å². The van der Waals surface area contributed by atoms with Gasteiger partial charge >= 0.3 is 37.1 Å². The summed E-state index contributed by atoms with van der Waals surface area (Å²) in [6, 6.07) is 0. The lowest BCUT2D eigenvalue weighted by atomic mass is 9.92. The molecule has 0 spiro atoms. The second-order valence-corrected chi connectivity index (χ2v) is 19.2. The van der Waals surface area contributed by atoms with Crippen LogP contribution in [-0.2, 0) is 0 Å². The predicted molar refractivity (Wildman–Crippen MR) is 279 cm³/mol. The summed E-state index contributed by atoms with van der Waals surface area (Å²) in [6.07, 6.45) is -17.9. The van der Waals surface area contributed by atoms with Crippen molar-refractivity contribution in [1.29, 1.82) is 0 Å². The van der Waals surface area contributed by atoms with Crippen LogP contribution in [0.5, 0.6) is 0 Å². The Hall–Kier alpha value is -1.26. The molecule has 0 fully saturated rings. The van der Waals surface area contributed by atoms with E-state index in [4.69, 9.17) is 5.48 Å². The first-order chi connectivity index (χ1) is 32.7. The predicted octanol–water partition coefficient (Wildman–Crippen LogP) is 26.4. The van der Waals surface area contributed by atoms with Crippen molar-refractivity contribution < 1.29 is 84.5 Å². The molecule has 1 atom stereocenters. The number of alkyl halides is 18. The number of rotatable bonds is 6. The van der Waals surface area contributed by atoms with Gasteiger partial charge in [0.15, 0.2) is 5.41 Å². The van der Waals surface area contributed by atoms with Crippen molar-refractivity contribution in [3.05, 3.63) is 0 Å². The molecule has 1 unspecified atom stereocenters. The van der Waals surface area contributed by atoms with Crippen LogP contribution < -0.4 is 0 Å². The first-order valence-electron chi connectivity index (χ1n) is 27.1. The summed E-state index contributed by atoms with van der Waals surface area (Å²) >= 11 is 0. The Bertz CT molecular complexity index is 1020. The molecule has 72 heavy (non-hydrogen) atoms. The van der Waals surface area contributed by atoms with Gasteiger partial charge in [0.2, 0.25) is 0 Å². The van der Waals surface area contributed by atoms with E-state index in [1.807, 2.05) is 41.5 Å². The minimum Gasteiger partial charge on any atom is -0.171 e. The molecule has 0 nitrogen and oxygen atoms in total. The molecule has 0 aromatic rings. The van der Waals surface area contributed by atoms with Gasteiger partial charge in [-0.25, -0.2) is 0 Å². The van der Waals surface area contributed by atoms with E-state index in [1.165, 1.54) is 58.8 Å². The minimum atomic E-state index is -5.24. The van der Waals surface area contributed by atoms with E-state index >= 15 is 0 Å². The van der Waals surface area contributed by atoms with E-state index in [0.29, 0.717) is 6.42 Å². The van der Waals surface area contributed by atoms with Crippen molar-refractivity contribution in [2.45, 2.75) is 309 Å². The number of hydrogen-bond donors (Lipinski definition) is 0. The summed E-state index contributed by atoms with van der Waals surface area (Å²) in [5, 5.41) is 0. The maximum atomic E-state index is 11.6. The van der Waals surface area contributed by atoms with Gasteiger partial charge in [-0.15, -0.1) is 0 Å². The van der Waals surface area contributed by atoms with Gasteiger partial charge < -0.3 is 0 Å². The normalized spacial score (nSPS) is 12.9. The first kappa shape index (κ1) is 90.3. The van der Waals surface area contributed by atoms with Gasteiger partial charge in [0.25, 0.3) is 0 Å². The highest BCUT2D eigenvalue weighted by Crippen LogP contribution is 2.49. The molecule has 0 radical (unpaired) electrons. The monoisotopic (exact) mass is 1110 g/mol. The average Bonchev–Trinajstić information content (AvgIpc) is 3.16. The third kappa shape index (κ3) is 118. The molecule has 0 saturated carbocycles. The van der Waals surface area contributed by atoms with Crippen molar-refractivity contribution >= 4 is 0 Å². The van der Waals surface area contributed by atoms with Crippen molar-refractivity contribution in [1.82, 2.24) is 0 Å². The first-order valence-corrected chi connectivity index (χ1v) is 25.1. The minimum absolute atomic E-state index is 0.104. The topological polar surface area (TPSA) is 0 Å². The van der Waals surface area contributed by atoms with Crippen LogP contribution in [0.3, 0.4) is 0 Å².